The van der Waals surface area contributed by atoms with E-state index in [1.54, 1.807) is 17.0 Å². The molecule has 2 N–H and O–H groups in total. The molecule has 1 aliphatic heterocycles. The van der Waals surface area contributed by atoms with Gasteiger partial charge in [0.25, 0.3) is 5.91 Å². The van der Waals surface area contributed by atoms with Crippen molar-refractivity contribution in [3.63, 3.8) is 0 Å². The molecular formula is C20H26ClN2O2+. The monoisotopic (exact) mass is 361 g/mol. The summed E-state index contributed by atoms with van der Waals surface area (Å²) in [7, 11) is 0. The van der Waals surface area contributed by atoms with Crippen molar-refractivity contribution in [2.45, 2.75) is 38.6 Å². The number of nitrogens with one attached hydrogen (secondary N) is 2. The second-order valence-electron chi connectivity index (χ2n) is 6.81. The van der Waals surface area contributed by atoms with E-state index in [9.17, 15) is 4.79 Å². The quantitative estimate of drug-likeness (QED) is 0.776. The van der Waals surface area contributed by atoms with Gasteiger partial charge in [0.1, 0.15) is 5.76 Å². The average molecular weight is 362 g/mol. The predicted molar refractivity (Wildman–Crippen MR) is 100 cm³/mol. The highest BCUT2D eigenvalue weighted by molar-refractivity contribution is 6.33. The molecule has 1 aromatic heterocycles. The van der Waals surface area contributed by atoms with Crippen molar-refractivity contribution in [3.05, 3.63) is 47.2 Å². The molecule has 1 fully saturated rings. The van der Waals surface area contributed by atoms with E-state index in [0.717, 1.165) is 24.6 Å². The van der Waals surface area contributed by atoms with Crippen LogP contribution in [-0.4, -0.2) is 31.6 Å². The molecule has 25 heavy (non-hydrogen) atoms. The Bertz CT molecular complexity index is 713. The molecule has 1 unspecified atom stereocenters. The SMILES string of the molecule is C[C@H]1CCCC[NH+]1CCCNC(=O)c1ccc(-c2ccccc2Cl)o1. The zero-order valence-corrected chi connectivity index (χ0v) is 15.4. The van der Waals surface area contributed by atoms with Crippen LogP contribution in [-0.2, 0) is 0 Å². The van der Waals surface area contributed by atoms with Gasteiger partial charge in [0.15, 0.2) is 5.76 Å². The fourth-order valence-corrected chi connectivity index (χ4v) is 3.72. The highest BCUT2D eigenvalue weighted by Gasteiger charge is 2.21. The number of halogens is 1. The summed E-state index contributed by atoms with van der Waals surface area (Å²) < 4.78 is 5.67. The fraction of sp³-hybridized carbons (Fsp3) is 0.450. The van der Waals surface area contributed by atoms with E-state index >= 15 is 0 Å². The van der Waals surface area contributed by atoms with E-state index < -0.39 is 0 Å². The Morgan fingerprint density at radius 3 is 2.92 bits per heavy atom. The number of hydrogen-bond donors (Lipinski definition) is 2. The maximum atomic E-state index is 12.2. The Balaban J connectivity index is 1.48. The zero-order chi connectivity index (χ0) is 17.6. The minimum absolute atomic E-state index is 0.167. The van der Waals surface area contributed by atoms with Gasteiger partial charge in [0, 0.05) is 18.5 Å². The van der Waals surface area contributed by atoms with Gasteiger partial charge >= 0.3 is 0 Å². The second-order valence-corrected chi connectivity index (χ2v) is 7.22. The largest absolute Gasteiger partial charge is 0.451 e. The van der Waals surface area contributed by atoms with Crippen LogP contribution in [0.3, 0.4) is 0 Å². The number of amides is 1. The number of likely N-dealkylation sites (tertiary alicyclic amines) is 1. The molecule has 0 aliphatic carbocycles. The molecular weight excluding hydrogens is 336 g/mol. The predicted octanol–water partition coefficient (Wildman–Crippen LogP) is 3.18. The lowest BCUT2D eigenvalue weighted by Crippen LogP contribution is -3.16. The number of rotatable bonds is 6. The van der Waals surface area contributed by atoms with Crippen LogP contribution < -0.4 is 10.2 Å². The van der Waals surface area contributed by atoms with Gasteiger partial charge in [-0.3, -0.25) is 4.79 Å². The normalized spacial score (nSPS) is 20.4. The van der Waals surface area contributed by atoms with E-state index in [1.165, 1.54) is 25.8 Å². The lowest BCUT2D eigenvalue weighted by Gasteiger charge is -2.30. The first-order chi connectivity index (χ1) is 12.1. The van der Waals surface area contributed by atoms with Crippen LogP contribution in [0.5, 0.6) is 0 Å². The minimum atomic E-state index is -0.167. The zero-order valence-electron chi connectivity index (χ0n) is 14.7. The topological polar surface area (TPSA) is 46.7 Å². The van der Waals surface area contributed by atoms with Crippen molar-refractivity contribution in [2.75, 3.05) is 19.6 Å². The smallest absolute Gasteiger partial charge is 0.287 e. The Hall–Kier alpha value is -1.78. The Morgan fingerprint density at radius 1 is 1.28 bits per heavy atom. The average Bonchev–Trinajstić information content (AvgIpc) is 3.10. The van der Waals surface area contributed by atoms with Crippen molar-refractivity contribution in [2.24, 2.45) is 0 Å². The van der Waals surface area contributed by atoms with E-state index in [2.05, 4.69) is 12.2 Å². The fourth-order valence-electron chi connectivity index (χ4n) is 3.49. The van der Waals surface area contributed by atoms with Gasteiger partial charge in [-0.25, -0.2) is 0 Å². The molecule has 2 heterocycles. The number of furan rings is 1. The number of carbonyl (C=O) groups is 1. The summed E-state index contributed by atoms with van der Waals surface area (Å²) in [4.78, 5) is 13.9. The molecule has 3 rings (SSSR count). The molecule has 1 amide bonds. The van der Waals surface area contributed by atoms with Gasteiger partial charge in [-0.15, -0.1) is 0 Å². The molecule has 0 radical (unpaired) electrons. The molecule has 5 heteroatoms. The molecule has 1 aromatic carbocycles. The van der Waals surface area contributed by atoms with E-state index in [-0.39, 0.29) is 5.91 Å². The van der Waals surface area contributed by atoms with Crippen LogP contribution in [0.1, 0.15) is 43.2 Å². The second kappa shape index (κ2) is 8.54. The maximum absolute atomic E-state index is 12.2. The molecule has 4 nitrogen and oxygen atoms in total. The third-order valence-corrected chi connectivity index (χ3v) is 5.34. The molecule has 1 aliphatic rings. The van der Waals surface area contributed by atoms with Gasteiger partial charge in [-0.05, 0) is 50.5 Å². The van der Waals surface area contributed by atoms with Crippen molar-refractivity contribution in [1.29, 1.82) is 0 Å². The van der Waals surface area contributed by atoms with Gasteiger partial charge in [0.2, 0.25) is 0 Å². The summed E-state index contributed by atoms with van der Waals surface area (Å²) in [6, 6.07) is 11.7. The first-order valence-electron chi connectivity index (χ1n) is 9.12. The molecule has 134 valence electrons. The van der Waals surface area contributed by atoms with Crippen LogP contribution in [0.4, 0.5) is 0 Å². The van der Waals surface area contributed by atoms with Crippen molar-refractivity contribution < 1.29 is 14.1 Å². The number of hydrogen-bond acceptors (Lipinski definition) is 2. The Labute approximate surface area is 154 Å². The molecule has 0 saturated carbocycles. The standard InChI is InChI=1S/C20H25ClN2O2/c1-15-7-4-5-13-23(15)14-6-12-22-20(24)19-11-10-18(25-19)16-8-2-3-9-17(16)21/h2-3,8-11,15H,4-7,12-14H2,1H3,(H,22,24)/p+1/t15-/m0/s1. The van der Waals surface area contributed by atoms with E-state index in [4.69, 9.17) is 16.0 Å². The number of benzene rings is 1. The summed E-state index contributed by atoms with van der Waals surface area (Å²) in [5, 5.41) is 3.57. The third-order valence-electron chi connectivity index (χ3n) is 5.01. The minimum Gasteiger partial charge on any atom is -0.451 e. The molecule has 2 aromatic rings. The number of quaternary nitrogens is 1. The summed E-state index contributed by atoms with van der Waals surface area (Å²) in [6.07, 6.45) is 4.99. The molecule has 1 saturated heterocycles. The Morgan fingerprint density at radius 2 is 2.12 bits per heavy atom. The van der Waals surface area contributed by atoms with Gasteiger partial charge in [-0.1, -0.05) is 23.7 Å². The van der Waals surface area contributed by atoms with Crippen molar-refractivity contribution in [3.8, 4) is 11.3 Å². The first kappa shape index (κ1) is 18.0. The molecule has 0 bridgehead atoms. The Kier molecular flexibility index (Phi) is 6.16. The van der Waals surface area contributed by atoms with Crippen LogP contribution >= 0.6 is 11.6 Å². The first-order valence-corrected chi connectivity index (χ1v) is 9.50. The molecule has 0 spiro atoms. The highest BCUT2D eigenvalue weighted by Crippen LogP contribution is 2.28. The van der Waals surface area contributed by atoms with Crippen molar-refractivity contribution in [1.82, 2.24) is 5.32 Å². The third kappa shape index (κ3) is 4.65. The molecule has 2 atom stereocenters. The van der Waals surface area contributed by atoms with Crippen LogP contribution in [0, 0.1) is 0 Å². The van der Waals surface area contributed by atoms with Crippen LogP contribution in [0.15, 0.2) is 40.8 Å². The van der Waals surface area contributed by atoms with Gasteiger partial charge < -0.3 is 14.6 Å². The van der Waals surface area contributed by atoms with Crippen molar-refractivity contribution >= 4 is 17.5 Å². The van der Waals surface area contributed by atoms with E-state index in [0.29, 0.717) is 23.1 Å². The van der Waals surface area contributed by atoms with Crippen LogP contribution in [0.2, 0.25) is 5.02 Å². The van der Waals surface area contributed by atoms with Gasteiger partial charge in [-0.2, -0.15) is 0 Å². The van der Waals surface area contributed by atoms with E-state index in [1.807, 2.05) is 24.3 Å². The van der Waals surface area contributed by atoms with Gasteiger partial charge in [0.05, 0.1) is 24.2 Å². The summed E-state index contributed by atoms with van der Waals surface area (Å²) in [5.41, 5.74) is 0.797. The number of carbonyl (C=O) groups excluding carboxylic acids is 1. The maximum Gasteiger partial charge on any atom is 0.287 e. The van der Waals surface area contributed by atoms with Crippen LogP contribution in [0.25, 0.3) is 11.3 Å². The summed E-state index contributed by atoms with van der Waals surface area (Å²) >= 11 is 6.17. The number of piperidine rings is 1. The summed E-state index contributed by atoms with van der Waals surface area (Å²) in [5.74, 6) is 0.774. The lowest BCUT2D eigenvalue weighted by molar-refractivity contribution is -0.928. The highest BCUT2D eigenvalue weighted by atomic mass is 35.5. The summed E-state index contributed by atoms with van der Waals surface area (Å²) in [6.45, 7) is 5.38. The lowest BCUT2D eigenvalue weighted by atomic mass is 10.0.